The van der Waals surface area contributed by atoms with Gasteiger partial charge >= 0.3 is 0 Å². The first-order valence-corrected chi connectivity index (χ1v) is 4.88. The van der Waals surface area contributed by atoms with Gasteiger partial charge in [0.1, 0.15) is 0 Å². The van der Waals surface area contributed by atoms with Crippen LogP contribution in [0.15, 0.2) is 42.5 Å². The molecule has 0 unspecified atom stereocenters. The number of benzene rings is 1. The maximum absolute atomic E-state index is 11.4. The van der Waals surface area contributed by atoms with E-state index in [0.717, 1.165) is 5.56 Å². The Morgan fingerprint density at radius 3 is 2.44 bits per heavy atom. The van der Waals surface area contributed by atoms with Crippen LogP contribution in [0.3, 0.4) is 0 Å². The molecular formula is C12H14N2O2. The van der Waals surface area contributed by atoms with E-state index >= 15 is 0 Å². The van der Waals surface area contributed by atoms with Crippen LogP contribution in [0.25, 0.3) is 0 Å². The fraction of sp³-hybridized carbons (Fsp3) is 0.167. The molecule has 0 aliphatic rings. The first-order chi connectivity index (χ1) is 7.59. The van der Waals surface area contributed by atoms with E-state index in [4.69, 9.17) is 5.73 Å². The quantitative estimate of drug-likeness (QED) is 0.715. The van der Waals surface area contributed by atoms with Crippen LogP contribution in [0.2, 0.25) is 0 Å². The van der Waals surface area contributed by atoms with Gasteiger partial charge in [-0.2, -0.15) is 0 Å². The second kappa shape index (κ2) is 5.70. The van der Waals surface area contributed by atoms with E-state index in [9.17, 15) is 9.59 Å². The Bertz CT molecular complexity index is 399. The minimum atomic E-state index is -0.556. The summed E-state index contributed by atoms with van der Waals surface area (Å²) in [6.07, 6.45) is -0.110. The van der Waals surface area contributed by atoms with Gasteiger partial charge in [-0.25, -0.2) is 0 Å². The van der Waals surface area contributed by atoms with Crippen molar-refractivity contribution in [2.45, 2.75) is 13.0 Å². The summed E-state index contributed by atoms with van der Waals surface area (Å²) in [5.41, 5.74) is 6.13. The molecule has 0 atom stereocenters. The van der Waals surface area contributed by atoms with Crippen molar-refractivity contribution < 1.29 is 9.59 Å². The zero-order valence-electron chi connectivity index (χ0n) is 8.90. The lowest BCUT2D eigenvalue weighted by atomic mass is 10.2. The van der Waals surface area contributed by atoms with E-state index in [1.165, 1.54) is 0 Å². The Hall–Kier alpha value is -2.10. The molecule has 0 spiro atoms. The van der Waals surface area contributed by atoms with Crippen molar-refractivity contribution in [3.05, 3.63) is 48.0 Å². The molecule has 0 aliphatic carbocycles. The fourth-order valence-corrected chi connectivity index (χ4v) is 1.19. The molecule has 0 saturated carbocycles. The lowest BCUT2D eigenvalue weighted by molar-refractivity contribution is -0.121. The van der Waals surface area contributed by atoms with Gasteiger partial charge in [-0.05, 0) is 5.56 Å². The van der Waals surface area contributed by atoms with Gasteiger partial charge in [0.25, 0.3) is 0 Å². The Balaban J connectivity index is 2.41. The summed E-state index contributed by atoms with van der Waals surface area (Å²) < 4.78 is 0. The molecule has 0 aromatic heterocycles. The second-order valence-corrected chi connectivity index (χ2v) is 3.41. The highest BCUT2D eigenvalue weighted by atomic mass is 16.2. The summed E-state index contributed by atoms with van der Waals surface area (Å²) in [6, 6.07) is 9.48. The first kappa shape index (κ1) is 12.0. The van der Waals surface area contributed by atoms with Crippen LogP contribution in [-0.4, -0.2) is 11.8 Å². The third kappa shape index (κ3) is 3.96. The van der Waals surface area contributed by atoms with E-state index in [1.807, 2.05) is 30.3 Å². The van der Waals surface area contributed by atoms with Crippen LogP contribution in [0.1, 0.15) is 12.0 Å². The van der Waals surface area contributed by atoms with Gasteiger partial charge in [-0.1, -0.05) is 36.9 Å². The number of hydrogen-bond donors (Lipinski definition) is 2. The number of rotatable bonds is 5. The molecule has 3 N–H and O–H groups in total. The van der Waals surface area contributed by atoms with Crippen LogP contribution in [0.5, 0.6) is 0 Å². The molecular weight excluding hydrogens is 204 g/mol. The van der Waals surface area contributed by atoms with Gasteiger partial charge in [0.05, 0.1) is 6.42 Å². The summed E-state index contributed by atoms with van der Waals surface area (Å²) in [7, 11) is 0. The predicted octanol–water partition coefficient (Wildman–Crippen LogP) is 0.734. The summed E-state index contributed by atoms with van der Waals surface area (Å²) in [5.74, 6) is -0.900. The lowest BCUT2D eigenvalue weighted by Gasteiger charge is -2.06. The number of carbonyl (C=O) groups is 2. The molecule has 1 aromatic rings. The van der Waals surface area contributed by atoms with Crippen LogP contribution in [-0.2, 0) is 16.1 Å². The summed E-state index contributed by atoms with van der Waals surface area (Å²) in [4.78, 5) is 22.0. The van der Waals surface area contributed by atoms with E-state index in [1.54, 1.807) is 0 Å². The van der Waals surface area contributed by atoms with E-state index < -0.39 is 5.91 Å². The Morgan fingerprint density at radius 2 is 1.88 bits per heavy atom. The maximum Gasteiger partial charge on any atom is 0.247 e. The molecule has 4 nitrogen and oxygen atoms in total. The number of primary amides is 1. The molecule has 0 bridgehead atoms. The molecule has 0 heterocycles. The molecule has 1 rings (SSSR count). The van der Waals surface area contributed by atoms with Gasteiger partial charge in [0, 0.05) is 12.1 Å². The molecule has 4 heteroatoms. The lowest BCUT2D eigenvalue weighted by Crippen LogP contribution is -2.26. The maximum atomic E-state index is 11.4. The summed E-state index contributed by atoms with van der Waals surface area (Å²) in [6.45, 7) is 3.91. The number of amides is 2. The van der Waals surface area contributed by atoms with E-state index in [0.29, 0.717) is 6.54 Å². The molecule has 0 fully saturated rings. The SMILES string of the molecule is C=C(CC(N)=O)C(=O)NCc1ccccc1. The average molecular weight is 218 g/mol. The third-order valence-corrected chi connectivity index (χ3v) is 2.00. The minimum absolute atomic E-state index is 0.110. The van der Waals surface area contributed by atoms with E-state index in [2.05, 4.69) is 11.9 Å². The van der Waals surface area contributed by atoms with Crippen molar-refractivity contribution in [2.24, 2.45) is 5.73 Å². The van der Waals surface area contributed by atoms with Crippen molar-refractivity contribution in [2.75, 3.05) is 0 Å². The predicted molar refractivity (Wildman–Crippen MR) is 61.2 cm³/mol. The summed E-state index contributed by atoms with van der Waals surface area (Å²) in [5, 5.41) is 2.66. The topological polar surface area (TPSA) is 72.2 Å². The highest BCUT2D eigenvalue weighted by molar-refractivity contribution is 5.97. The third-order valence-electron chi connectivity index (χ3n) is 2.00. The fourth-order valence-electron chi connectivity index (χ4n) is 1.19. The van der Waals surface area contributed by atoms with Crippen molar-refractivity contribution >= 4 is 11.8 Å². The second-order valence-electron chi connectivity index (χ2n) is 3.41. The molecule has 84 valence electrons. The number of nitrogens with two attached hydrogens (primary N) is 1. The number of carbonyl (C=O) groups excluding carboxylic acids is 2. The molecule has 0 aliphatic heterocycles. The normalized spacial score (nSPS) is 9.50. The van der Waals surface area contributed by atoms with Crippen molar-refractivity contribution in [3.63, 3.8) is 0 Å². The Labute approximate surface area is 94.1 Å². The highest BCUT2D eigenvalue weighted by Gasteiger charge is 2.08. The largest absolute Gasteiger partial charge is 0.369 e. The average Bonchev–Trinajstić information content (AvgIpc) is 2.26. The van der Waals surface area contributed by atoms with Crippen molar-refractivity contribution in [1.29, 1.82) is 0 Å². The van der Waals surface area contributed by atoms with Crippen LogP contribution >= 0.6 is 0 Å². The Kier molecular flexibility index (Phi) is 4.27. The van der Waals surface area contributed by atoms with Gasteiger partial charge in [0.15, 0.2) is 0 Å². The zero-order chi connectivity index (χ0) is 12.0. The minimum Gasteiger partial charge on any atom is -0.369 e. The standard InChI is InChI=1S/C12H14N2O2/c1-9(7-11(13)15)12(16)14-8-10-5-3-2-4-6-10/h2-6H,1,7-8H2,(H2,13,15)(H,14,16). The van der Waals surface area contributed by atoms with E-state index in [-0.39, 0.29) is 17.9 Å². The number of hydrogen-bond acceptors (Lipinski definition) is 2. The van der Waals surface area contributed by atoms with Gasteiger partial charge < -0.3 is 11.1 Å². The van der Waals surface area contributed by atoms with Crippen LogP contribution in [0, 0.1) is 0 Å². The Morgan fingerprint density at radius 1 is 1.25 bits per heavy atom. The number of nitrogens with one attached hydrogen (secondary N) is 1. The molecule has 16 heavy (non-hydrogen) atoms. The highest BCUT2D eigenvalue weighted by Crippen LogP contribution is 2.00. The van der Waals surface area contributed by atoms with Crippen LogP contribution in [0.4, 0.5) is 0 Å². The first-order valence-electron chi connectivity index (χ1n) is 4.88. The van der Waals surface area contributed by atoms with Gasteiger partial charge in [-0.3, -0.25) is 9.59 Å². The molecule has 0 radical (unpaired) electrons. The van der Waals surface area contributed by atoms with Crippen LogP contribution < -0.4 is 11.1 Å². The van der Waals surface area contributed by atoms with Crippen molar-refractivity contribution in [1.82, 2.24) is 5.32 Å². The monoisotopic (exact) mass is 218 g/mol. The van der Waals surface area contributed by atoms with Crippen molar-refractivity contribution in [3.8, 4) is 0 Å². The molecule has 1 aromatic carbocycles. The smallest absolute Gasteiger partial charge is 0.247 e. The zero-order valence-corrected chi connectivity index (χ0v) is 8.90. The van der Waals surface area contributed by atoms with Gasteiger partial charge in [-0.15, -0.1) is 0 Å². The van der Waals surface area contributed by atoms with Gasteiger partial charge in [0.2, 0.25) is 11.8 Å². The molecule has 0 saturated heterocycles. The summed E-state index contributed by atoms with van der Waals surface area (Å²) >= 11 is 0. The molecule has 2 amide bonds.